The molecule has 7 rings (SSSR count). The fourth-order valence-corrected chi connectivity index (χ4v) is 8.09. The first kappa shape index (κ1) is 32.7. The maximum atomic E-state index is 13.9. The van der Waals surface area contributed by atoms with Gasteiger partial charge in [-0.2, -0.15) is 0 Å². The van der Waals surface area contributed by atoms with Crippen LogP contribution in [0.5, 0.6) is 0 Å². The number of hydrogen-bond donors (Lipinski definition) is 2. The maximum Gasteiger partial charge on any atom is 0.475 e. The van der Waals surface area contributed by atoms with E-state index < -0.39 is 44.4 Å². The van der Waals surface area contributed by atoms with Gasteiger partial charge in [0.25, 0.3) is 0 Å². The number of carbonyl (C=O) groups is 1. The smallest absolute Gasteiger partial charge is 0.449 e. The zero-order valence-electron chi connectivity index (χ0n) is 26.5. The Morgan fingerprint density at radius 1 is 0.833 bits per heavy atom. The molecule has 1 fully saturated rings. The first-order chi connectivity index (χ1) is 23.4. The van der Waals surface area contributed by atoms with Gasteiger partial charge in [0, 0.05) is 11.8 Å². The largest absolute Gasteiger partial charge is 0.475 e. The molecule has 2 N–H and O–H groups in total. The highest BCUT2D eigenvalue weighted by atomic mass is 31.2. The van der Waals surface area contributed by atoms with Crippen molar-refractivity contribution in [2.45, 2.75) is 57.2 Å². The Kier molecular flexibility index (Phi) is 9.75. The molecule has 10 nitrogen and oxygen atoms in total. The first-order valence-electron chi connectivity index (χ1n) is 16.1. The summed E-state index contributed by atoms with van der Waals surface area (Å²) in [6.07, 6.45) is -3.96. The summed E-state index contributed by atoms with van der Waals surface area (Å²) in [6, 6.07) is 32.3. The van der Waals surface area contributed by atoms with Gasteiger partial charge in [-0.25, -0.2) is 9.36 Å². The summed E-state index contributed by atoms with van der Waals surface area (Å²) in [4.78, 5) is 13.3. The molecule has 0 bridgehead atoms. The maximum absolute atomic E-state index is 13.9. The molecule has 3 aliphatic rings. The number of nitrogens with one attached hydrogen (secondary N) is 1. The van der Waals surface area contributed by atoms with E-state index in [2.05, 4.69) is 17.4 Å². The van der Waals surface area contributed by atoms with Gasteiger partial charge in [-0.3, -0.25) is 13.6 Å². The lowest BCUT2D eigenvalue weighted by Crippen LogP contribution is -2.61. The van der Waals surface area contributed by atoms with Crippen molar-refractivity contribution in [3.63, 3.8) is 0 Å². The number of aliphatic hydroxyl groups excluding tert-OH is 1. The molecule has 5 atom stereocenters. The second-order valence-corrected chi connectivity index (χ2v) is 13.9. The van der Waals surface area contributed by atoms with Crippen LogP contribution in [-0.2, 0) is 52.2 Å². The van der Waals surface area contributed by atoms with E-state index in [1.54, 1.807) is 6.92 Å². The van der Waals surface area contributed by atoms with Gasteiger partial charge < -0.3 is 24.6 Å². The van der Waals surface area contributed by atoms with E-state index in [1.165, 1.54) is 0 Å². The second kappa shape index (κ2) is 14.3. The van der Waals surface area contributed by atoms with Gasteiger partial charge >= 0.3 is 13.9 Å². The van der Waals surface area contributed by atoms with Crippen LogP contribution in [-0.4, -0.2) is 49.0 Å². The highest BCUT2D eigenvalue weighted by Gasteiger charge is 2.49. The molecule has 4 aromatic rings. The van der Waals surface area contributed by atoms with E-state index in [1.807, 2.05) is 91.0 Å². The number of benzene rings is 4. The van der Waals surface area contributed by atoms with Gasteiger partial charge in [0.2, 0.25) is 0 Å². The van der Waals surface area contributed by atoms with Crippen molar-refractivity contribution in [3.8, 4) is 11.1 Å². The van der Waals surface area contributed by atoms with Gasteiger partial charge in [-0.1, -0.05) is 110 Å². The Morgan fingerprint density at radius 3 is 2.06 bits per heavy atom. The van der Waals surface area contributed by atoms with Gasteiger partial charge in [-0.05, 0) is 38.9 Å². The molecule has 2 aliphatic heterocycles. The summed E-state index contributed by atoms with van der Waals surface area (Å²) in [5.74, 6) is -0.752. The van der Waals surface area contributed by atoms with E-state index >= 15 is 0 Å². The highest BCUT2D eigenvalue weighted by molar-refractivity contribution is 7.48. The van der Waals surface area contributed by atoms with Crippen molar-refractivity contribution < 1.29 is 42.2 Å². The SMILES string of the molecule is CC1[C@H](NC(=O)OCC2c3ccccc3-c3ccccc32)C(O)OC(COCc2ccccc2)[C@H]1OP1(=O)OCc2ccccc2CO1. The molecule has 3 unspecified atom stereocenters. The molecule has 1 amide bonds. The summed E-state index contributed by atoms with van der Waals surface area (Å²) in [5, 5.41) is 13.9. The summed E-state index contributed by atoms with van der Waals surface area (Å²) >= 11 is 0. The van der Waals surface area contributed by atoms with Crippen LogP contribution in [0.1, 0.15) is 40.7 Å². The minimum absolute atomic E-state index is 0.0127. The lowest BCUT2D eigenvalue weighted by molar-refractivity contribution is -0.239. The molecule has 1 saturated heterocycles. The van der Waals surface area contributed by atoms with E-state index in [4.69, 9.17) is 27.8 Å². The molecule has 11 heteroatoms. The van der Waals surface area contributed by atoms with Crippen LogP contribution in [0, 0.1) is 5.92 Å². The lowest BCUT2D eigenvalue weighted by atomic mass is 9.89. The second-order valence-electron chi connectivity index (χ2n) is 12.3. The van der Waals surface area contributed by atoms with Crippen molar-refractivity contribution in [3.05, 3.63) is 131 Å². The number of carbonyl (C=O) groups excluding carboxylic acids is 1. The van der Waals surface area contributed by atoms with E-state index in [-0.39, 0.29) is 32.3 Å². The third-order valence-corrected chi connectivity index (χ3v) is 10.6. The average molecular weight is 672 g/mol. The highest BCUT2D eigenvalue weighted by Crippen LogP contribution is 2.55. The molecule has 0 saturated carbocycles. The number of aliphatic hydroxyl groups is 1. The van der Waals surface area contributed by atoms with Crippen molar-refractivity contribution in [1.29, 1.82) is 0 Å². The zero-order chi connectivity index (χ0) is 33.1. The molecule has 1 aliphatic carbocycles. The Bertz CT molecular complexity index is 1710. The van der Waals surface area contributed by atoms with E-state index in [0.29, 0.717) is 6.61 Å². The number of rotatable bonds is 9. The number of ether oxygens (including phenoxy) is 3. The van der Waals surface area contributed by atoms with Gasteiger partial charge in [-0.15, -0.1) is 0 Å². The molecule has 0 radical (unpaired) electrons. The molecule has 48 heavy (non-hydrogen) atoms. The predicted octanol–water partition coefficient (Wildman–Crippen LogP) is 6.70. The minimum Gasteiger partial charge on any atom is -0.449 e. The monoisotopic (exact) mass is 671 g/mol. The first-order valence-corrected chi connectivity index (χ1v) is 17.6. The van der Waals surface area contributed by atoms with Crippen LogP contribution in [0.3, 0.4) is 0 Å². The van der Waals surface area contributed by atoms with Gasteiger partial charge in [0.1, 0.15) is 18.8 Å². The molecule has 4 aromatic carbocycles. The van der Waals surface area contributed by atoms with Crippen LogP contribution in [0.15, 0.2) is 103 Å². The predicted molar refractivity (Wildman–Crippen MR) is 177 cm³/mol. The van der Waals surface area contributed by atoms with Gasteiger partial charge in [0.15, 0.2) is 6.29 Å². The molecule has 0 spiro atoms. The van der Waals surface area contributed by atoms with Crippen LogP contribution in [0.4, 0.5) is 4.79 Å². The number of phosphoric ester groups is 1. The molecular formula is C37H38NO9P. The Labute approximate surface area is 279 Å². The van der Waals surface area contributed by atoms with Crippen molar-refractivity contribution in [2.24, 2.45) is 5.92 Å². The Morgan fingerprint density at radius 2 is 1.42 bits per heavy atom. The third-order valence-electron chi connectivity index (χ3n) is 9.22. The quantitative estimate of drug-likeness (QED) is 0.187. The Balaban J connectivity index is 1.05. The molecule has 0 aromatic heterocycles. The number of phosphoric acid groups is 1. The molecular weight excluding hydrogens is 633 g/mol. The lowest BCUT2D eigenvalue weighted by Gasteiger charge is -2.44. The van der Waals surface area contributed by atoms with E-state index in [9.17, 15) is 14.5 Å². The summed E-state index contributed by atoms with van der Waals surface area (Å²) in [6.45, 7) is 2.25. The number of hydrogen-bond acceptors (Lipinski definition) is 9. The van der Waals surface area contributed by atoms with Crippen LogP contribution >= 0.6 is 7.82 Å². The van der Waals surface area contributed by atoms with Crippen molar-refractivity contribution in [1.82, 2.24) is 5.32 Å². The summed E-state index contributed by atoms with van der Waals surface area (Å²) < 4.78 is 49.2. The van der Waals surface area contributed by atoms with Gasteiger partial charge in [0.05, 0.1) is 32.5 Å². The Hall–Kier alpha value is -3.86. The topological polar surface area (TPSA) is 122 Å². The summed E-state index contributed by atoms with van der Waals surface area (Å²) in [7, 11) is -4.10. The normalized spacial score (nSPS) is 24.5. The fraction of sp³-hybridized carbons (Fsp3) is 0.324. The fourth-order valence-electron chi connectivity index (χ4n) is 6.67. The summed E-state index contributed by atoms with van der Waals surface area (Å²) in [5.41, 5.74) is 7.06. The van der Waals surface area contributed by atoms with Crippen LogP contribution in [0.25, 0.3) is 11.1 Å². The van der Waals surface area contributed by atoms with Crippen LogP contribution < -0.4 is 5.32 Å². The van der Waals surface area contributed by atoms with Crippen molar-refractivity contribution in [2.75, 3.05) is 13.2 Å². The zero-order valence-corrected chi connectivity index (χ0v) is 27.4. The van der Waals surface area contributed by atoms with Crippen molar-refractivity contribution >= 4 is 13.9 Å². The van der Waals surface area contributed by atoms with E-state index in [0.717, 1.165) is 38.9 Å². The molecule has 250 valence electrons. The number of alkyl carbamates (subject to hydrolysis) is 1. The average Bonchev–Trinajstić information content (AvgIpc) is 3.33. The third kappa shape index (κ3) is 6.97. The minimum atomic E-state index is -4.10. The number of amides is 1. The molecule has 2 heterocycles. The van der Waals surface area contributed by atoms with Crippen LogP contribution in [0.2, 0.25) is 0 Å². The number of fused-ring (bicyclic) bond motifs is 4. The standard InChI is InChI=1S/C37H38NO9P/c1-24-34(38-37(40)43-22-32-30-17-9-7-15-28(30)29-16-8-10-18-31(29)32)36(39)46-33(23-42-19-25-11-3-2-4-12-25)35(24)47-48(41)44-20-26-13-5-6-14-27(26)21-45-48/h2-18,24,32-36,39H,19-23H2,1H3,(H,38,40)/t24?,33?,34-,35-,36?/m0/s1.